The molecule has 0 saturated carbocycles. The summed E-state index contributed by atoms with van der Waals surface area (Å²) < 4.78 is 8.23. The number of H-pyrrole nitrogens is 1. The van der Waals surface area contributed by atoms with Crippen molar-refractivity contribution in [2.45, 2.75) is 32.7 Å². The average Bonchev–Trinajstić information content (AvgIpc) is 3.25. The molecule has 1 saturated heterocycles. The first-order valence-corrected chi connectivity index (χ1v) is 9.89. The van der Waals surface area contributed by atoms with Crippen LogP contribution in [-0.2, 0) is 0 Å². The number of piperidine rings is 1. The van der Waals surface area contributed by atoms with Gasteiger partial charge in [0.05, 0.1) is 11.4 Å². The van der Waals surface area contributed by atoms with Crippen LogP contribution in [0.15, 0.2) is 27.4 Å². The maximum atomic E-state index is 12.5. The zero-order valence-corrected chi connectivity index (χ0v) is 16.8. The van der Waals surface area contributed by atoms with E-state index < -0.39 is 0 Å². The summed E-state index contributed by atoms with van der Waals surface area (Å²) in [5, 5.41) is 12.8. The zero-order valence-electron chi connectivity index (χ0n) is 16.8. The fraction of sp³-hybridized carbons (Fsp3) is 0.350. The van der Waals surface area contributed by atoms with Crippen LogP contribution < -0.4 is 11.3 Å². The van der Waals surface area contributed by atoms with Gasteiger partial charge >= 0.3 is 0 Å². The molecule has 1 aliphatic heterocycles. The Bertz CT molecular complexity index is 1300. The third kappa shape index (κ3) is 2.76. The van der Waals surface area contributed by atoms with Gasteiger partial charge in [0.15, 0.2) is 25.1 Å². The number of anilines is 1. The molecule has 9 heteroatoms. The Kier molecular flexibility index (Phi) is 4.02. The number of rotatable bonds is 2. The van der Waals surface area contributed by atoms with Crippen molar-refractivity contribution >= 4 is 35.7 Å². The highest BCUT2D eigenvalue weighted by atomic mass is 16.3. The van der Waals surface area contributed by atoms with E-state index in [1.807, 2.05) is 23.7 Å². The fourth-order valence-electron chi connectivity index (χ4n) is 4.34. The van der Waals surface area contributed by atoms with Gasteiger partial charge in [-0.2, -0.15) is 10.2 Å². The number of hydrogen-bond donors (Lipinski definition) is 2. The molecule has 0 atom stereocenters. The minimum atomic E-state index is -0.341. The lowest BCUT2D eigenvalue weighted by molar-refractivity contribution is 0.270. The van der Waals surface area contributed by atoms with Gasteiger partial charge in [-0.15, -0.1) is 0 Å². The van der Waals surface area contributed by atoms with Crippen molar-refractivity contribution in [1.29, 1.82) is 0 Å². The predicted octanol–water partition coefficient (Wildman–Crippen LogP) is 1.92. The van der Waals surface area contributed by atoms with Crippen LogP contribution in [0.5, 0.6) is 0 Å². The van der Waals surface area contributed by atoms with Gasteiger partial charge in [0.25, 0.3) is 5.56 Å². The first-order valence-electron chi connectivity index (χ1n) is 9.89. The number of furan rings is 1. The van der Waals surface area contributed by atoms with Gasteiger partial charge in [-0.25, -0.2) is 5.10 Å². The maximum absolute atomic E-state index is 12.5. The molecular weight excluding hydrogens is 367 g/mol. The lowest BCUT2D eigenvalue weighted by Gasteiger charge is -2.30. The molecule has 0 unspecified atom stereocenters. The van der Waals surface area contributed by atoms with Crippen molar-refractivity contribution in [3.8, 4) is 11.5 Å². The first kappa shape index (κ1) is 18.0. The number of nitrogens with two attached hydrogens (primary N) is 1. The van der Waals surface area contributed by atoms with Crippen LogP contribution in [0.1, 0.15) is 30.0 Å². The lowest BCUT2D eigenvalue weighted by atomic mass is 10.0. The molecule has 29 heavy (non-hydrogen) atoms. The van der Waals surface area contributed by atoms with E-state index >= 15 is 0 Å². The smallest absolute Gasteiger partial charge is 0.292 e. The molecule has 1 fully saturated rings. The summed E-state index contributed by atoms with van der Waals surface area (Å²) >= 11 is 0. The molecule has 0 spiro atoms. The number of nitrogens with zero attached hydrogens (tertiary/aromatic N) is 4. The normalized spacial score (nSPS) is 16.2. The van der Waals surface area contributed by atoms with E-state index in [2.05, 4.69) is 36.0 Å². The molecule has 0 bridgehead atoms. The van der Waals surface area contributed by atoms with Crippen molar-refractivity contribution in [2.24, 2.45) is 0 Å². The van der Waals surface area contributed by atoms with E-state index in [0.717, 1.165) is 48.2 Å². The number of fused-ring (bicyclic) bond motifs is 2. The second-order valence-electron chi connectivity index (χ2n) is 8.05. The Morgan fingerprint density at radius 1 is 1.28 bits per heavy atom. The van der Waals surface area contributed by atoms with E-state index in [1.165, 1.54) is 5.56 Å². The maximum Gasteiger partial charge on any atom is 0.292 e. The highest BCUT2D eigenvalue weighted by Crippen LogP contribution is 2.40. The average molecular weight is 390 g/mol. The summed E-state index contributed by atoms with van der Waals surface area (Å²) in [6, 6.07) is 6.29. The van der Waals surface area contributed by atoms with Crippen LogP contribution in [0.25, 0.3) is 33.3 Å². The van der Waals surface area contributed by atoms with Crippen molar-refractivity contribution in [1.82, 2.24) is 24.8 Å². The third-order valence-electron chi connectivity index (χ3n) is 6.00. The SMILES string of the molecule is BN1CCC(n2nc3c(=O)[nH]nc(N)c3c2-c2oc3ccc(C)cc3c2C)CC1. The van der Waals surface area contributed by atoms with Crippen LogP contribution >= 0.6 is 0 Å². The lowest BCUT2D eigenvalue weighted by Crippen LogP contribution is -2.33. The molecule has 3 aromatic heterocycles. The number of nitrogens with one attached hydrogen (secondary N) is 1. The minimum Gasteiger partial charge on any atom is -0.454 e. The largest absolute Gasteiger partial charge is 0.454 e. The fourth-order valence-corrected chi connectivity index (χ4v) is 4.34. The van der Waals surface area contributed by atoms with Crippen molar-refractivity contribution < 1.29 is 4.42 Å². The quantitative estimate of drug-likeness (QED) is 0.507. The Balaban J connectivity index is 1.82. The van der Waals surface area contributed by atoms with Gasteiger partial charge in [-0.3, -0.25) is 9.48 Å². The first-order chi connectivity index (χ1) is 13.9. The summed E-state index contributed by atoms with van der Waals surface area (Å²) in [7, 11) is 2.12. The number of hydrogen-bond acceptors (Lipinski definition) is 6. The number of aromatic nitrogens is 4. The van der Waals surface area contributed by atoms with E-state index in [9.17, 15) is 4.79 Å². The molecule has 4 aromatic rings. The monoisotopic (exact) mass is 390 g/mol. The number of aromatic amines is 1. The standard InChI is InChI=1S/C20H23BN6O2/c1-10-3-4-14-13(9-10)11(2)18(29-14)17-15-16(20(28)24-23-19(15)22)25-27(17)12-5-7-26(21)8-6-12/h3-4,9,12H,5-8,21H2,1-2H3,(H2,22,23)(H,24,28). The number of aryl methyl sites for hydroxylation is 2. The van der Waals surface area contributed by atoms with Crippen LogP contribution in [0.3, 0.4) is 0 Å². The summed E-state index contributed by atoms with van der Waals surface area (Å²) in [6.07, 6.45) is 1.89. The van der Waals surface area contributed by atoms with Crippen molar-refractivity contribution in [3.63, 3.8) is 0 Å². The van der Waals surface area contributed by atoms with Crippen LogP contribution in [-0.4, -0.2) is 45.9 Å². The molecule has 1 aromatic carbocycles. The van der Waals surface area contributed by atoms with Gasteiger partial charge < -0.3 is 15.0 Å². The predicted molar refractivity (Wildman–Crippen MR) is 116 cm³/mol. The highest BCUT2D eigenvalue weighted by molar-refractivity contribution is 6.04. The Hall–Kier alpha value is -3.07. The van der Waals surface area contributed by atoms with E-state index in [0.29, 0.717) is 16.7 Å². The molecule has 1 aliphatic rings. The van der Waals surface area contributed by atoms with Crippen molar-refractivity contribution in [3.05, 3.63) is 39.7 Å². The molecule has 148 valence electrons. The number of benzene rings is 1. The Morgan fingerprint density at radius 2 is 2.03 bits per heavy atom. The third-order valence-corrected chi connectivity index (χ3v) is 6.00. The molecule has 3 N–H and O–H groups in total. The highest BCUT2D eigenvalue weighted by Gasteiger charge is 2.29. The van der Waals surface area contributed by atoms with Crippen LogP contribution in [0.2, 0.25) is 0 Å². The second kappa shape index (κ2) is 6.48. The molecule has 0 amide bonds. The molecule has 0 aliphatic carbocycles. The van der Waals surface area contributed by atoms with Crippen molar-refractivity contribution in [2.75, 3.05) is 18.8 Å². The molecule has 0 radical (unpaired) electrons. The minimum absolute atomic E-state index is 0.168. The second-order valence-corrected chi connectivity index (χ2v) is 8.05. The zero-order chi connectivity index (χ0) is 20.3. The van der Waals surface area contributed by atoms with Gasteiger partial charge in [-0.1, -0.05) is 11.6 Å². The summed E-state index contributed by atoms with van der Waals surface area (Å²) in [4.78, 5) is 14.8. The molecular formula is C20H23BN6O2. The Morgan fingerprint density at radius 3 is 2.79 bits per heavy atom. The van der Waals surface area contributed by atoms with Gasteiger partial charge in [0.1, 0.15) is 11.3 Å². The summed E-state index contributed by atoms with van der Waals surface area (Å²) in [6.45, 7) is 6.05. The van der Waals surface area contributed by atoms with Gasteiger partial charge in [0.2, 0.25) is 0 Å². The summed E-state index contributed by atoms with van der Waals surface area (Å²) in [5.41, 5.74) is 9.91. The number of nitrogen functional groups attached to an aromatic ring is 1. The van der Waals surface area contributed by atoms with Crippen LogP contribution in [0, 0.1) is 13.8 Å². The topological polar surface area (TPSA) is 106 Å². The van der Waals surface area contributed by atoms with Gasteiger partial charge in [0, 0.05) is 10.9 Å². The van der Waals surface area contributed by atoms with E-state index in [-0.39, 0.29) is 17.4 Å². The molecule has 8 nitrogen and oxygen atoms in total. The molecule has 5 rings (SSSR count). The van der Waals surface area contributed by atoms with E-state index in [4.69, 9.17) is 15.2 Å². The summed E-state index contributed by atoms with van der Waals surface area (Å²) in [5.74, 6) is 0.955. The Labute approximate surface area is 168 Å². The van der Waals surface area contributed by atoms with Crippen LogP contribution in [0.4, 0.5) is 5.82 Å². The molecule has 4 heterocycles. The van der Waals surface area contributed by atoms with Gasteiger partial charge in [-0.05, 0) is 51.9 Å². The van der Waals surface area contributed by atoms with E-state index in [1.54, 1.807) is 0 Å².